The molecule has 1 saturated heterocycles. The van der Waals surface area contributed by atoms with E-state index in [-0.39, 0.29) is 17.8 Å². The SMILES string of the molecule is CC1CCN(CC2Cc3cc(F)ccc3O2)C1C(=O)O. The predicted octanol–water partition coefficient (Wildman–Crippen LogP) is 1.92. The minimum Gasteiger partial charge on any atom is -0.488 e. The normalized spacial score (nSPS) is 29.2. The van der Waals surface area contributed by atoms with E-state index in [9.17, 15) is 14.3 Å². The number of rotatable bonds is 3. The van der Waals surface area contributed by atoms with Crippen LogP contribution in [0.15, 0.2) is 18.2 Å². The average molecular weight is 279 g/mol. The molecule has 2 aliphatic heterocycles. The maximum atomic E-state index is 13.2. The summed E-state index contributed by atoms with van der Waals surface area (Å²) in [5.41, 5.74) is 0.870. The number of halogens is 1. The van der Waals surface area contributed by atoms with Crippen molar-refractivity contribution in [3.05, 3.63) is 29.6 Å². The van der Waals surface area contributed by atoms with Gasteiger partial charge in [0.2, 0.25) is 0 Å². The molecule has 0 aromatic heterocycles. The summed E-state index contributed by atoms with van der Waals surface area (Å²) >= 11 is 0. The Morgan fingerprint density at radius 1 is 1.55 bits per heavy atom. The van der Waals surface area contributed by atoms with E-state index in [1.807, 2.05) is 11.8 Å². The molecule has 0 radical (unpaired) electrons. The number of carboxylic acid groups (broad SMARTS) is 1. The summed E-state index contributed by atoms with van der Waals surface area (Å²) in [5, 5.41) is 9.31. The lowest BCUT2D eigenvalue weighted by atomic mass is 10.0. The smallest absolute Gasteiger partial charge is 0.321 e. The maximum absolute atomic E-state index is 13.2. The van der Waals surface area contributed by atoms with Crippen LogP contribution in [0.2, 0.25) is 0 Å². The van der Waals surface area contributed by atoms with Gasteiger partial charge in [0.25, 0.3) is 0 Å². The second-order valence-corrected chi connectivity index (χ2v) is 5.74. The van der Waals surface area contributed by atoms with E-state index < -0.39 is 12.0 Å². The van der Waals surface area contributed by atoms with Crippen molar-refractivity contribution in [3.8, 4) is 5.75 Å². The highest BCUT2D eigenvalue weighted by atomic mass is 19.1. The largest absolute Gasteiger partial charge is 0.488 e. The van der Waals surface area contributed by atoms with Crippen LogP contribution in [-0.4, -0.2) is 41.2 Å². The molecular formula is C15H18FNO3. The van der Waals surface area contributed by atoms with Crippen molar-refractivity contribution in [1.82, 2.24) is 4.90 Å². The van der Waals surface area contributed by atoms with Crippen LogP contribution in [0, 0.1) is 11.7 Å². The van der Waals surface area contributed by atoms with Crippen molar-refractivity contribution in [3.63, 3.8) is 0 Å². The predicted molar refractivity (Wildman–Crippen MR) is 71.3 cm³/mol. The minimum atomic E-state index is -0.767. The maximum Gasteiger partial charge on any atom is 0.321 e. The second-order valence-electron chi connectivity index (χ2n) is 5.74. The number of nitrogens with zero attached hydrogens (tertiary/aromatic N) is 1. The lowest BCUT2D eigenvalue weighted by Gasteiger charge is -2.25. The van der Waals surface area contributed by atoms with Gasteiger partial charge in [-0.2, -0.15) is 0 Å². The molecule has 0 spiro atoms. The number of carbonyl (C=O) groups is 1. The van der Waals surface area contributed by atoms with Gasteiger partial charge in [0.15, 0.2) is 0 Å². The Bertz CT molecular complexity index is 534. The quantitative estimate of drug-likeness (QED) is 0.918. The molecule has 0 amide bonds. The van der Waals surface area contributed by atoms with Crippen molar-refractivity contribution in [2.24, 2.45) is 5.92 Å². The number of benzene rings is 1. The van der Waals surface area contributed by atoms with E-state index in [4.69, 9.17) is 4.74 Å². The Hall–Kier alpha value is -1.62. The number of hydrogen-bond acceptors (Lipinski definition) is 3. The first-order valence-corrected chi connectivity index (χ1v) is 6.96. The number of ether oxygens (including phenoxy) is 1. The Kier molecular flexibility index (Phi) is 3.38. The molecule has 0 saturated carbocycles. The van der Waals surface area contributed by atoms with Gasteiger partial charge in [-0.05, 0) is 37.1 Å². The first kappa shape index (κ1) is 13.4. The monoisotopic (exact) mass is 279 g/mol. The average Bonchev–Trinajstić information content (AvgIpc) is 2.92. The van der Waals surface area contributed by atoms with E-state index >= 15 is 0 Å². The van der Waals surface area contributed by atoms with E-state index in [1.54, 1.807) is 6.07 Å². The molecule has 3 unspecified atom stereocenters. The van der Waals surface area contributed by atoms with Crippen molar-refractivity contribution in [2.45, 2.75) is 31.9 Å². The van der Waals surface area contributed by atoms with Gasteiger partial charge in [0.05, 0.1) is 0 Å². The molecule has 3 atom stereocenters. The molecule has 2 aliphatic rings. The molecule has 5 heteroatoms. The summed E-state index contributed by atoms with van der Waals surface area (Å²) < 4.78 is 19.0. The molecule has 1 aromatic carbocycles. The topological polar surface area (TPSA) is 49.8 Å². The van der Waals surface area contributed by atoms with Gasteiger partial charge in [-0.3, -0.25) is 9.69 Å². The first-order chi connectivity index (χ1) is 9.54. The van der Waals surface area contributed by atoms with Crippen LogP contribution in [0.4, 0.5) is 4.39 Å². The zero-order chi connectivity index (χ0) is 14.3. The molecule has 1 fully saturated rings. The van der Waals surface area contributed by atoms with Crippen molar-refractivity contribution in [2.75, 3.05) is 13.1 Å². The van der Waals surface area contributed by atoms with E-state index in [0.717, 1.165) is 24.3 Å². The van der Waals surface area contributed by atoms with Gasteiger partial charge in [-0.1, -0.05) is 6.92 Å². The Morgan fingerprint density at radius 2 is 2.35 bits per heavy atom. The van der Waals surface area contributed by atoms with Gasteiger partial charge in [-0.25, -0.2) is 4.39 Å². The Labute approximate surface area is 117 Å². The second kappa shape index (κ2) is 5.05. The molecule has 1 N–H and O–H groups in total. The number of likely N-dealkylation sites (tertiary alicyclic amines) is 1. The standard InChI is InChI=1S/C15H18FNO3/c1-9-4-5-17(14(9)15(18)19)8-12-7-10-6-11(16)2-3-13(10)20-12/h2-3,6,9,12,14H,4-5,7-8H2,1H3,(H,18,19). The summed E-state index contributed by atoms with van der Waals surface area (Å²) in [6.07, 6.45) is 1.45. The molecule has 4 nitrogen and oxygen atoms in total. The molecule has 1 aromatic rings. The lowest BCUT2D eigenvalue weighted by Crippen LogP contribution is -2.43. The highest BCUT2D eigenvalue weighted by molar-refractivity contribution is 5.74. The Morgan fingerprint density at radius 3 is 3.10 bits per heavy atom. The summed E-state index contributed by atoms with van der Waals surface area (Å²) in [4.78, 5) is 13.3. The summed E-state index contributed by atoms with van der Waals surface area (Å²) in [7, 11) is 0. The molecule has 3 rings (SSSR count). The molecule has 2 heterocycles. The zero-order valence-electron chi connectivity index (χ0n) is 11.4. The molecule has 0 bridgehead atoms. The van der Waals surface area contributed by atoms with Crippen LogP contribution < -0.4 is 4.74 Å². The van der Waals surface area contributed by atoms with Crippen LogP contribution in [0.3, 0.4) is 0 Å². The van der Waals surface area contributed by atoms with Gasteiger partial charge >= 0.3 is 5.97 Å². The van der Waals surface area contributed by atoms with Gasteiger partial charge < -0.3 is 9.84 Å². The van der Waals surface area contributed by atoms with Crippen LogP contribution in [0.25, 0.3) is 0 Å². The highest BCUT2D eigenvalue weighted by Gasteiger charge is 2.38. The molecular weight excluding hydrogens is 261 g/mol. The number of aliphatic carboxylic acids is 1. The fourth-order valence-electron chi connectivity index (χ4n) is 3.28. The molecule has 108 valence electrons. The van der Waals surface area contributed by atoms with E-state index in [1.165, 1.54) is 12.1 Å². The van der Waals surface area contributed by atoms with Crippen LogP contribution >= 0.6 is 0 Å². The third-order valence-electron chi connectivity index (χ3n) is 4.26. The minimum absolute atomic E-state index is 0.0843. The van der Waals surface area contributed by atoms with Crippen LogP contribution in [0.5, 0.6) is 5.75 Å². The number of hydrogen-bond donors (Lipinski definition) is 1. The third kappa shape index (κ3) is 2.38. The first-order valence-electron chi connectivity index (χ1n) is 6.96. The van der Waals surface area contributed by atoms with Crippen molar-refractivity contribution >= 4 is 5.97 Å². The van der Waals surface area contributed by atoms with Crippen molar-refractivity contribution < 1.29 is 19.0 Å². The summed E-state index contributed by atoms with van der Waals surface area (Å²) in [6.45, 7) is 3.33. The van der Waals surface area contributed by atoms with E-state index in [2.05, 4.69) is 0 Å². The van der Waals surface area contributed by atoms with Crippen LogP contribution in [0.1, 0.15) is 18.9 Å². The summed E-state index contributed by atoms with van der Waals surface area (Å²) in [6, 6.07) is 4.10. The van der Waals surface area contributed by atoms with Gasteiger partial charge in [0, 0.05) is 18.5 Å². The van der Waals surface area contributed by atoms with Gasteiger partial charge in [0.1, 0.15) is 23.7 Å². The fraction of sp³-hybridized carbons (Fsp3) is 0.533. The van der Waals surface area contributed by atoms with Crippen LogP contribution in [-0.2, 0) is 11.2 Å². The van der Waals surface area contributed by atoms with Crippen molar-refractivity contribution in [1.29, 1.82) is 0 Å². The fourth-order valence-corrected chi connectivity index (χ4v) is 3.28. The molecule has 20 heavy (non-hydrogen) atoms. The number of fused-ring (bicyclic) bond motifs is 1. The molecule has 0 aliphatic carbocycles. The number of carboxylic acids is 1. The third-order valence-corrected chi connectivity index (χ3v) is 4.26. The van der Waals surface area contributed by atoms with E-state index in [0.29, 0.717) is 13.0 Å². The van der Waals surface area contributed by atoms with Gasteiger partial charge in [-0.15, -0.1) is 0 Å². The zero-order valence-corrected chi connectivity index (χ0v) is 11.4. The Balaban J connectivity index is 1.67. The summed E-state index contributed by atoms with van der Waals surface area (Å²) in [5.74, 6) is -0.146. The lowest BCUT2D eigenvalue weighted by molar-refractivity contribution is -0.143. The highest BCUT2D eigenvalue weighted by Crippen LogP contribution is 2.31.